The van der Waals surface area contributed by atoms with Crippen molar-refractivity contribution in [1.82, 2.24) is 9.13 Å². The molecule has 0 bridgehead atoms. The van der Waals surface area contributed by atoms with Crippen molar-refractivity contribution in [2.45, 2.75) is 26.9 Å². The van der Waals surface area contributed by atoms with Crippen molar-refractivity contribution >= 4 is 79.2 Å². The molecule has 0 atom stereocenters. The van der Waals surface area contributed by atoms with Crippen LogP contribution in [0.15, 0.2) is 107 Å². The van der Waals surface area contributed by atoms with Crippen molar-refractivity contribution in [2.24, 2.45) is 9.98 Å². The summed E-state index contributed by atoms with van der Waals surface area (Å²) < 4.78 is 4.20. The number of carbonyl (C=O) groups excluding carboxylic acids is 1. The Bertz CT molecular complexity index is 1790. The maximum absolute atomic E-state index is 13.0. The number of fused-ring (bicyclic) bond motifs is 1. The molecular formula is C31H33Br2N7O. The first kappa shape index (κ1) is 31.4. The van der Waals surface area contributed by atoms with Gasteiger partial charge in [-0.1, -0.05) is 0 Å². The van der Waals surface area contributed by atoms with Crippen molar-refractivity contribution in [3.05, 3.63) is 114 Å². The molecule has 5 rings (SSSR count). The van der Waals surface area contributed by atoms with Gasteiger partial charge in [0.2, 0.25) is 0 Å². The van der Waals surface area contributed by atoms with Gasteiger partial charge in [-0.25, -0.2) is 9.98 Å². The highest BCUT2D eigenvalue weighted by molar-refractivity contribution is 8.93. The summed E-state index contributed by atoms with van der Waals surface area (Å²) in [6.07, 6.45) is 5.98. The van der Waals surface area contributed by atoms with Gasteiger partial charge in [-0.2, -0.15) is 0 Å². The van der Waals surface area contributed by atoms with Crippen LogP contribution in [0, 0.1) is 0 Å². The quantitative estimate of drug-likeness (QED) is 0.178. The van der Waals surface area contributed by atoms with E-state index < -0.39 is 0 Å². The highest BCUT2D eigenvalue weighted by Crippen LogP contribution is 2.23. The van der Waals surface area contributed by atoms with Gasteiger partial charge in [-0.3, -0.25) is 4.79 Å². The summed E-state index contributed by atoms with van der Waals surface area (Å²) in [4.78, 5) is 22.4. The van der Waals surface area contributed by atoms with E-state index >= 15 is 0 Å². The zero-order valence-corrected chi connectivity index (χ0v) is 26.2. The molecule has 0 saturated carbocycles. The molecule has 0 fully saturated rings. The molecular weight excluding hydrogens is 646 g/mol. The van der Waals surface area contributed by atoms with E-state index in [0.29, 0.717) is 28.3 Å². The molecule has 8 nitrogen and oxygen atoms in total. The molecule has 212 valence electrons. The minimum absolute atomic E-state index is 0. The number of aromatic nitrogens is 2. The molecule has 5 aromatic rings. The van der Waals surface area contributed by atoms with Gasteiger partial charge in [0.15, 0.2) is 0 Å². The van der Waals surface area contributed by atoms with Gasteiger partial charge in [0, 0.05) is 54.1 Å². The fraction of sp³-hybridized carbons (Fsp3) is 0.129. The molecule has 0 unspecified atom stereocenters. The van der Waals surface area contributed by atoms with Crippen molar-refractivity contribution in [2.75, 3.05) is 16.8 Å². The summed E-state index contributed by atoms with van der Waals surface area (Å²) in [7, 11) is 0. The topological polar surface area (TPSA) is 116 Å². The number of nitrogens with two attached hydrogens (primary N) is 2. The highest BCUT2D eigenvalue weighted by atomic mass is 79.9. The largest absolute Gasteiger partial charge is 0.399 e. The van der Waals surface area contributed by atoms with Crippen LogP contribution in [0.1, 0.15) is 24.2 Å². The second-order valence-corrected chi connectivity index (χ2v) is 9.15. The summed E-state index contributed by atoms with van der Waals surface area (Å²) in [5.41, 5.74) is 16.8. The van der Waals surface area contributed by atoms with Crippen molar-refractivity contribution < 1.29 is 4.79 Å². The number of nitrogens with one attached hydrogen (secondary N) is 1. The van der Waals surface area contributed by atoms with Crippen LogP contribution in [0.4, 0.5) is 28.4 Å². The Kier molecular flexibility index (Phi) is 10.7. The van der Waals surface area contributed by atoms with Crippen LogP contribution >= 0.6 is 34.0 Å². The van der Waals surface area contributed by atoms with E-state index in [1.807, 2.05) is 79.3 Å². The van der Waals surface area contributed by atoms with Crippen LogP contribution in [0.5, 0.6) is 0 Å². The van der Waals surface area contributed by atoms with Gasteiger partial charge >= 0.3 is 0 Å². The first-order valence-electron chi connectivity index (χ1n) is 12.9. The minimum atomic E-state index is -0.291. The Labute approximate surface area is 259 Å². The number of aryl methyl sites for hydroxylation is 2. The van der Waals surface area contributed by atoms with Gasteiger partial charge in [-0.15, -0.1) is 34.0 Å². The number of rotatable bonds is 6. The molecule has 0 saturated heterocycles. The van der Waals surface area contributed by atoms with E-state index in [1.54, 1.807) is 18.2 Å². The number of hydrogen-bond acceptors (Lipinski definition) is 5. The Morgan fingerprint density at radius 1 is 0.780 bits per heavy atom. The Morgan fingerprint density at radius 2 is 1.49 bits per heavy atom. The fourth-order valence-corrected chi connectivity index (χ4v) is 4.37. The molecule has 1 amide bonds. The smallest absolute Gasteiger partial charge is 0.257 e. The van der Waals surface area contributed by atoms with Crippen LogP contribution in [0.3, 0.4) is 0 Å². The highest BCUT2D eigenvalue weighted by Gasteiger charge is 2.11. The number of amides is 1. The normalized spacial score (nSPS) is 10.9. The third-order valence-electron chi connectivity index (χ3n) is 6.51. The van der Waals surface area contributed by atoms with E-state index in [4.69, 9.17) is 16.5 Å². The van der Waals surface area contributed by atoms with E-state index in [0.717, 1.165) is 40.4 Å². The van der Waals surface area contributed by atoms with Crippen LogP contribution in [-0.2, 0) is 13.1 Å². The van der Waals surface area contributed by atoms with Crippen LogP contribution in [-0.4, -0.2) is 15.0 Å². The number of nitrogens with zero attached hydrogens (tertiary/aromatic N) is 4. The van der Waals surface area contributed by atoms with Crippen molar-refractivity contribution in [3.63, 3.8) is 0 Å². The van der Waals surface area contributed by atoms with E-state index in [9.17, 15) is 4.79 Å². The lowest BCUT2D eigenvalue weighted by atomic mass is 10.1. The van der Waals surface area contributed by atoms with Gasteiger partial charge < -0.3 is 25.9 Å². The standard InChI is InChI=1S/C31H31N7O.2BrH/c1-3-37-16-13-24(14-17-37)34-22-6-8-23(9-7-22)36-31(39)26-12-10-25(20-28(26)33)35-29-15-18-38(4-2)30-19-21(32)5-11-27(29)30;;/h5-20H,3-4,32-33H2,1-2H3,(H,36,39);2*1H. The second-order valence-electron chi connectivity index (χ2n) is 9.15. The molecule has 2 heterocycles. The SMILES string of the molecule is Br.Br.CCn1ccc(=Nc2ccc(NC(=O)c3ccc(N=c4ccn(CC)c5cc(N)ccc45)cc3N)cc2)cc1. The van der Waals surface area contributed by atoms with Crippen LogP contribution in [0.2, 0.25) is 0 Å². The lowest BCUT2D eigenvalue weighted by Gasteiger charge is -2.10. The monoisotopic (exact) mass is 677 g/mol. The van der Waals surface area contributed by atoms with Gasteiger partial charge in [0.1, 0.15) is 0 Å². The van der Waals surface area contributed by atoms with E-state index in [-0.39, 0.29) is 39.9 Å². The molecule has 0 aliphatic rings. The van der Waals surface area contributed by atoms with Crippen molar-refractivity contribution in [1.29, 1.82) is 0 Å². The van der Waals surface area contributed by atoms with Crippen LogP contribution in [0.25, 0.3) is 10.9 Å². The third-order valence-corrected chi connectivity index (χ3v) is 6.51. The number of nitrogen functional groups attached to an aromatic ring is 2. The molecule has 0 aliphatic heterocycles. The summed E-state index contributed by atoms with van der Waals surface area (Å²) in [5.74, 6) is -0.291. The first-order chi connectivity index (χ1) is 18.9. The average Bonchev–Trinajstić information content (AvgIpc) is 2.94. The zero-order valence-electron chi connectivity index (χ0n) is 22.8. The third kappa shape index (κ3) is 7.33. The zero-order chi connectivity index (χ0) is 27.4. The summed E-state index contributed by atoms with van der Waals surface area (Å²) in [6.45, 7) is 5.90. The number of hydrogen-bond donors (Lipinski definition) is 3. The fourth-order valence-electron chi connectivity index (χ4n) is 4.37. The predicted molar refractivity (Wildman–Crippen MR) is 178 cm³/mol. The molecule has 41 heavy (non-hydrogen) atoms. The minimum Gasteiger partial charge on any atom is -0.399 e. The summed E-state index contributed by atoms with van der Waals surface area (Å²) in [6, 6.07) is 24.3. The van der Waals surface area contributed by atoms with Gasteiger partial charge in [-0.05, 0) is 92.7 Å². The number of halogens is 2. The van der Waals surface area contributed by atoms with Crippen molar-refractivity contribution in [3.8, 4) is 0 Å². The molecule has 2 aromatic heterocycles. The first-order valence-corrected chi connectivity index (χ1v) is 12.9. The van der Waals surface area contributed by atoms with Gasteiger partial charge in [0.25, 0.3) is 5.91 Å². The summed E-state index contributed by atoms with van der Waals surface area (Å²) >= 11 is 0. The maximum atomic E-state index is 13.0. The Hall–Kier alpha value is -4.15. The summed E-state index contributed by atoms with van der Waals surface area (Å²) in [5, 5.41) is 5.56. The van der Waals surface area contributed by atoms with Crippen LogP contribution < -0.4 is 27.5 Å². The average molecular weight is 679 g/mol. The van der Waals surface area contributed by atoms with E-state index in [2.05, 4.69) is 33.3 Å². The Balaban J connectivity index is 0.00000231. The molecule has 0 spiro atoms. The second kappa shape index (κ2) is 14.0. The molecule has 0 radical (unpaired) electrons. The number of carbonyl (C=O) groups is 1. The molecule has 3 aromatic carbocycles. The number of anilines is 3. The molecule has 5 N–H and O–H groups in total. The predicted octanol–water partition coefficient (Wildman–Crippen LogP) is 6.52. The lowest BCUT2D eigenvalue weighted by Crippen LogP contribution is -2.14. The number of pyridine rings is 2. The Morgan fingerprint density at radius 3 is 2.15 bits per heavy atom. The lowest BCUT2D eigenvalue weighted by molar-refractivity contribution is 0.102. The van der Waals surface area contributed by atoms with Gasteiger partial charge in [0.05, 0.1) is 33.2 Å². The molecule has 0 aliphatic carbocycles. The number of benzene rings is 3. The van der Waals surface area contributed by atoms with E-state index in [1.165, 1.54) is 0 Å². The molecule has 10 heteroatoms. The maximum Gasteiger partial charge on any atom is 0.257 e.